The van der Waals surface area contributed by atoms with Gasteiger partial charge in [-0.05, 0) is 25.7 Å². The molecule has 0 aromatic rings. The first-order valence-electron chi connectivity index (χ1n) is 10.2. The molecule has 1 fully saturated rings. The van der Waals surface area contributed by atoms with E-state index in [0.29, 0.717) is 12.8 Å². The SMILES string of the molecule is CCCCCCCCCC/C=C/COC(=O)C1CCCCC1C(=O)[O-].[Na+]. The van der Waals surface area contributed by atoms with Crippen molar-refractivity contribution in [3.63, 3.8) is 0 Å². The van der Waals surface area contributed by atoms with Crippen molar-refractivity contribution in [1.29, 1.82) is 0 Å². The fourth-order valence-corrected chi connectivity index (χ4v) is 3.51. The summed E-state index contributed by atoms with van der Waals surface area (Å²) < 4.78 is 5.23. The summed E-state index contributed by atoms with van der Waals surface area (Å²) in [6.07, 6.45) is 18.2. The van der Waals surface area contributed by atoms with Gasteiger partial charge in [0.25, 0.3) is 0 Å². The Kier molecular flexibility index (Phi) is 16.6. The molecule has 1 rings (SSSR count). The number of carboxylic acids is 1. The predicted molar refractivity (Wildman–Crippen MR) is 97.8 cm³/mol. The summed E-state index contributed by atoms with van der Waals surface area (Å²) in [6.45, 7) is 2.48. The number of aliphatic carboxylic acids is 1. The number of carbonyl (C=O) groups excluding carboxylic acids is 2. The van der Waals surface area contributed by atoms with E-state index in [2.05, 4.69) is 13.0 Å². The van der Waals surface area contributed by atoms with E-state index in [-0.39, 0.29) is 42.1 Å². The van der Waals surface area contributed by atoms with E-state index in [1.807, 2.05) is 6.08 Å². The van der Waals surface area contributed by atoms with Crippen molar-refractivity contribution in [2.75, 3.05) is 6.61 Å². The van der Waals surface area contributed by atoms with Crippen LogP contribution in [0.5, 0.6) is 0 Å². The largest absolute Gasteiger partial charge is 1.00 e. The van der Waals surface area contributed by atoms with E-state index in [0.717, 1.165) is 19.3 Å². The average Bonchev–Trinajstić information content (AvgIpc) is 2.62. The Balaban J connectivity index is 0.00000625. The molecule has 4 nitrogen and oxygen atoms in total. The van der Waals surface area contributed by atoms with E-state index >= 15 is 0 Å². The minimum Gasteiger partial charge on any atom is -0.550 e. The van der Waals surface area contributed by atoms with Gasteiger partial charge < -0.3 is 14.6 Å². The quantitative estimate of drug-likeness (QED) is 0.210. The van der Waals surface area contributed by atoms with Gasteiger partial charge >= 0.3 is 35.5 Å². The Morgan fingerprint density at radius 1 is 0.923 bits per heavy atom. The maximum absolute atomic E-state index is 12.0. The maximum atomic E-state index is 12.0. The topological polar surface area (TPSA) is 66.4 Å². The second-order valence-electron chi connectivity index (χ2n) is 7.18. The third-order valence-electron chi connectivity index (χ3n) is 5.08. The number of ether oxygens (including phenoxy) is 1. The van der Waals surface area contributed by atoms with Crippen LogP contribution in [0, 0.1) is 11.8 Å². The standard InChI is InChI=1S/C21H36O4.Na/c1-2-3-4-5-6-7-8-9-10-11-14-17-25-21(24)19-16-13-12-15-18(19)20(22)23;/h11,14,18-19H,2-10,12-13,15-17H2,1H3,(H,22,23);/q;+1/p-1/b14-11+;. The van der Waals surface area contributed by atoms with E-state index < -0.39 is 17.8 Å². The zero-order valence-corrected chi connectivity index (χ0v) is 18.8. The predicted octanol–water partition coefficient (Wildman–Crippen LogP) is 1.18. The Morgan fingerprint density at radius 3 is 2.12 bits per heavy atom. The zero-order valence-electron chi connectivity index (χ0n) is 16.8. The summed E-state index contributed by atoms with van der Waals surface area (Å²) >= 11 is 0. The molecular weight excluding hydrogens is 339 g/mol. The number of carboxylic acid groups (broad SMARTS) is 1. The van der Waals surface area contributed by atoms with E-state index in [1.165, 1.54) is 51.4 Å². The second-order valence-corrected chi connectivity index (χ2v) is 7.18. The average molecular weight is 374 g/mol. The molecule has 0 saturated heterocycles. The molecule has 5 heteroatoms. The first kappa shape index (κ1) is 25.7. The van der Waals surface area contributed by atoms with Crippen molar-refractivity contribution in [2.45, 2.75) is 90.4 Å². The molecule has 0 heterocycles. The van der Waals surface area contributed by atoms with Gasteiger partial charge in [-0.2, -0.15) is 0 Å². The minimum absolute atomic E-state index is 0. The normalized spacial score (nSPS) is 19.9. The third-order valence-corrected chi connectivity index (χ3v) is 5.08. The summed E-state index contributed by atoms with van der Waals surface area (Å²) in [5, 5.41) is 11.1. The summed E-state index contributed by atoms with van der Waals surface area (Å²) in [5.74, 6) is -2.71. The molecule has 2 unspecified atom stereocenters. The number of esters is 1. The number of allylic oxidation sites excluding steroid dienone is 1. The Morgan fingerprint density at radius 2 is 1.50 bits per heavy atom. The van der Waals surface area contributed by atoms with Crippen LogP contribution >= 0.6 is 0 Å². The van der Waals surface area contributed by atoms with Gasteiger partial charge in [0.1, 0.15) is 6.61 Å². The van der Waals surface area contributed by atoms with Gasteiger partial charge in [-0.25, -0.2) is 0 Å². The molecule has 1 aliphatic rings. The summed E-state index contributed by atoms with van der Waals surface area (Å²) in [5.41, 5.74) is 0. The number of unbranched alkanes of at least 4 members (excludes halogenated alkanes) is 8. The van der Waals surface area contributed by atoms with Crippen LogP contribution in [0.4, 0.5) is 0 Å². The number of carbonyl (C=O) groups is 2. The number of rotatable bonds is 13. The van der Waals surface area contributed by atoms with Crippen LogP contribution in [-0.2, 0) is 14.3 Å². The van der Waals surface area contributed by atoms with Gasteiger partial charge in [-0.1, -0.05) is 76.9 Å². The van der Waals surface area contributed by atoms with E-state index in [1.54, 1.807) is 0 Å². The van der Waals surface area contributed by atoms with Gasteiger partial charge in [0.2, 0.25) is 0 Å². The molecule has 1 saturated carbocycles. The molecule has 0 aliphatic heterocycles. The third kappa shape index (κ3) is 11.4. The van der Waals surface area contributed by atoms with Crippen LogP contribution in [0.25, 0.3) is 0 Å². The molecule has 144 valence electrons. The number of hydrogen-bond donors (Lipinski definition) is 0. The van der Waals surface area contributed by atoms with Crippen LogP contribution in [0.3, 0.4) is 0 Å². The monoisotopic (exact) mass is 374 g/mol. The summed E-state index contributed by atoms with van der Waals surface area (Å²) in [6, 6.07) is 0. The molecule has 2 atom stereocenters. The Bertz CT molecular complexity index is 409. The zero-order chi connectivity index (χ0) is 18.3. The van der Waals surface area contributed by atoms with Gasteiger partial charge in [0.15, 0.2) is 0 Å². The van der Waals surface area contributed by atoms with Gasteiger partial charge in [-0.3, -0.25) is 4.79 Å². The first-order chi connectivity index (χ1) is 12.2. The molecule has 0 spiro atoms. The molecule has 0 bridgehead atoms. The summed E-state index contributed by atoms with van der Waals surface area (Å²) in [7, 11) is 0. The molecule has 0 amide bonds. The smallest absolute Gasteiger partial charge is 0.550 e. The minimum atomic E-state index is -1.12. The van der Waals surface area contributed by atoms with Crippen molar-refractivity contribution < 1.29 is 49.0 Å². The molecule has 0 radical (unpaired) electrons. The van der Waals surface area contributed by atoms with Gasteiger partial charge in [-0.15, -0.1) is 0 Å². The van der Waals surface area contributed by atoms with Gasteiger partial charge in [0.05, 0.1) is 5.92 Å². The van der Waals surface area contributed by atoms with E-state index in [4.69, 9.17) is 4.74 Å². The maximum Gasteiger partial charge on any atom is 1.00 e. The molecule has 0 N–H and O–H groups in total. The van der Waals surface area contributed by atoms with Crippen LogP contribution < -0.4 is 34.7 Å². The van der Waals surface area contributed by atoms with Crippen LogP contribution in [0.15, 0.2) is 12.2 Å². The van der Waals surface area contributed by atoms with Crippen molar-refractivity contribution >= 4 is 11.9 Å². The Hall–Kier alpha value is -0.320. The summed E-state index contributed by atoms with van der Waals surface area (Å²) in [4.78, 5) is 23.2. The van der Waals surface area contributed by atoms with E-state index in [9.17, 15) is 14.7 Å². The van der Waals surface area contributed by atoms with Crippen molar-refractivity contribution in [3.8, 4) is 0 Å². The van der Waals surface area contributed by atoms with Crippen molar-refractivity contribution in [2.24, 2.45) is 11.8 Å². The molecule has 26 heavy (non-hydrogen) atoms. The van der Waals surface area contributed by atoms with Crippen LogP contribution in [-0.4, -0.2) is 18.5 Å². The Labute approximate surface area is 181 Å². The fraction of sp³-hybridized carbons (Fsp3) is 0.810. The molecule has 1 aliphatic carbocycles. The second kappa shape index (κ2) is 16.8. The van der Waals surface area contributed by atoms with Crippen molar-refractivity contribution in [1.82, 2.24) is 0 Å². The van der Waals surface area contributed by atoms with Crippen LogP contribution in [0.2, 0.25) is 0 Å². The fourth-order valence-electron chi connectivity index (χ4n) is 3.51. The van der Waals surface area contributed by atoms with Crippen LogP contribution in [0.1, 0.15) is 90.4 Å². The van der Waals surface area contributed by atoms with Crippen molar-refractivity contribution in [3.05, 3.63) is 12.2 Å². The molecule has 0 aromatic heterocycles. The van der Waals surface area contributed by atoms with Gasteiger partial charge in [0, 0.05) is 11.9 Å². The molecule has 0 aromatic carbocycles. The molecular formula is C21H35NaO4. The number of hydrogen-bond acceptors (Lipinski definition) is 4. The first-order valence-corrected chi connectivity index (χ1v) is 10.2.